The number of benzene rings is 1. The Morgan fingerprint density at radius 2 is 1.89 bits per heavy atom. The second-order valence-electron chi connectivity index (χ2n) is 8.92. The maximum atomic E-state index is 12.2. The number of hydrogen-bond acceptors (Lipinski definition) is 9. The first-order valence-corrected chi connectivity index (χ1v) is 11.7. The van der Waals surface area contributed by atoms with Gasteiger partial charge in [0.1, 0.15) is 24.1 Å². The number of anilines is 2. The zero-order valence-corrected chi connectivity index (χ0v) is 19.6. The van der Waals surface area contributed by atoms with Gasteiger partial charge in [0, 0.05) is 38.6 Å². The van der Waals surface area contributed by atoms with Crippen molar-refractivity contribution >= 4 is 33.8 Å². The van der Waals surface area contributed by atoms with E-state index in [2.05, 4.69) is 25.1 Å². The molecule has 11 nitrogen and oxygen atoms in total. The van der Waals surface area contributed by atoms with Gasteiger partial charge in [-0.05, 0) is 19.1 Å². The van der Waals surface area contributed by atoms with E-state index in [4.69, 9.17) is 9.72 Å². The molecule has 1 fully saturated rings. The van der Waals surface area contributed by atoms with E-state index in [1.54, 1.807) is 15.6 Å². The Morgan fingerprint density at radius 1 is 1.06 bits per heavy atom. The van der Waals surface area contributed by atoms with Crippen LogP contribution in [0, 0.1) is 0 Å². The Balaban J connectivity index is 1.36. The van der Waals surface area contributed by atoms with Crippen LogP contribution < -0.4 is 14.5 Å². The van der Waals surface area contributed by atoms with Crippen molar-refractivity contribution < 1.29 is 14.6 Å². The number of likely N-dealkylation sites (N-methyl/N-ethyl adjacent to an activating group) is 1. The molecule has 0 aliphatic carbocycles. The van der Waals surface area contributed by atoms with Crippen molar-refractivity contribution in [3.05, 3.63) is 36.5 Å². The Hall–Kier alpha value is -3.99. The summed E-state index contributed by atoms with van der Waals surface area (Å²) in [5.74, 6) is 0.994. The molecule has 0 radical (unpaired) electrons. The lowest BCUT2D eigenvalue weighted by atomic mass is 10.1. The lowest BCUT2D eigenvalue weighted by molar-refractivity contribution is -0.139. The Kier molecular flexibility index (Phi) is 5.14. The summed E-state index contributed by atoms with van der Waals surface area (Å²) in [4.78, 5) is 23.2. The molecule has 6 rings (SSSR count). The topological polar surface area (TPSA) is 112 Å². The fourth-order valence-electron chi connectivity index (χ4n) is 4.73. The van der Waals surface area contributed by atoms with Crippen LogP contribution in [-0.2, 0) is 4.79 Å². The number of aliphatic hydroxyl groups excluding tert-OH is 1. The van der Waals surface area contributed by atoms with E-state index in [0.29, 0.717) is 55.7 Å². The van der Waals surface area contributed by atoms with E-state index < -0.39 is 6.10 Å². The van der Waals surface area contributed by atoms with Gasteiger partial charge in [0.05, 0.1) is 23.9 Å². The van der Waals surface area contributed by atoms with Crippen LogP contribution in [0.4, 0.5) is 11.4 Å². The van der Waals surface area contributed by atoms with Crippen LogP contribution in [0.15, 0.2) is 36.5 Å². The number of pyridine rings is 1. The lowest BCUT2D eigenvalue weighted by Gasteiger charge is -2.36. The number of amides is 1. The first-order valence-electron chi connectivity index (χ1n) is 11.7. The van der Waals surface area contributed by atoms with Crippen LogP contribution in [0.5, 0.6) is 5.75 Å². The van der Waals surface area contributed by atoms with Crippen molar-refractivity contribution in [2.24, 2.45) is 0 Å². The zero-order chi connectivity index (χ0) is 24.1. The molecule has 1 N–H and O–H groups in total. The van der Waals surface area contributed by atoms with Crippen LogP contribution >= 0.6 is 0 Å². The molecule has 5 heterocycles. The van der Waals surface area contributed by atoms with Crippen LogP contribution in [0.2, 0.25) is 0 Å². The first kappa shape index (κ1) is 21.5. The molecule has 35 heavy (non-hydrogen) atoms. The average molecular weight is 475 g/mol. The van der Waals surface area contributed by atoms with Crippen molar-refractivity contribution in [3.63, 3.8) is 0 Å². The van der Waals surface area contributed by atoms with Gasteiger partial charge in [0.15, 0.2) is 5.75 Å². The Bertz CT molecular complexity index is 1430. The molecule has 2 aliphatic heterocycles. The summed E-state index contributed by atoms with van der Waals surface area (Å²) in [7, 11) is 2.00. The first-order chi connectivity index (χ1) is 17.0. The molecule has 1 saturated heterocycles. The normalized spacial score (nSPS) is 16.9. The maximum Gasteiger partial charge on any atom is 0.251 e. The fraction of sp³-hybridized carbons (Fsp3) is 0.375. The number of nitrogens with zero attached hydrogens (tertiary/aromatic N) is 8. The van der Waals surface area contributed by atoms with E-state index in [1.807, 2.05) is 37.4 Å². The molecule has 4 aromatic rings. The lowest BCUT2D eigenvalue weighted by Crippen LogP contribution is -2.51. The number of aliphatic hydroxyl groups is 1. The highest BCUT2D eigenvalue weighted by atomic mass is 16.5. The van der Waals surface area contributed by atoms with Gasteiger partial charge in [-0.2, -0.15) is 9.61 Å². The van der Waals surface area contributed by atoms with E-state index >= 15 is 0 Å². The number of piperazine rings is 1. The summed E-state index contributed by atoms with van der Waals surface area (Å²) < 4.78 is 7.57. The molecule has 1 atom stereocenters. The summed E-state index contributed by atoms with van der Waals surface area (Å²) in [6.07, 6.45) is 0.792. The largest absolute Gasteiger partial charge is 0.486 e. The third-order valence-electron chi connectivity index (χ3n) is 6.67. The van der Waals surface area contributed by atoms with Crippen LogP contribution in [0.1, 0.15) is 6.92 Å². The number of para-hydroxylation sites is 1. The molecule has 180 valence electrons. The Labute approximate surface area is 201 Å². The number of fused-ring (bicyclic) bond motifs is 4. The minimum atomic E-state index is -0.980. The summed E-state index contributed by atoms with van der Waals surface area (Å²) in [6.45, 7) is 5.32. The molecule has 0 bridgehead atoms. The summed E-state index contributed by atoms with van der Waals surface area (Å²) in [5.41, 5.74) is 3.98. The van der Waals surface area contributed by atoms with Gasteiger partial charge < -0.3 is 24.5 Å². The fourth-order valence-corrected chi connectivity index (χ4v) is 4.73. The van der Waals surface area contributed by atoms with Crippen molar-refractivity contribution in [2.45, 2.75) is 13.0 Å². The van der Waals surface area contributed by atoms with Gasteiger partial charge in [-0.25, -0.2) is 4.98 Å². The van der Waals surface area contributed by atoms with Gasteiger partial charge in [0.2, 0.25) is 11.5 Å². The molecular weight excluding hydrogens is 448 g/mol. The number of carbonyl (C=O) groups excluding carboxylic acids is 1. The highest BCUT2D eigenvalue weighted by Crippen LogP contribution is 2.35. The van der Waals surface area contributed by atoms with E-state index in [-0.39, 0.29) is 5.91 Å². The molecule has 1 unspecified atom stereocenters. The summed E-state index contributed by atoms with van der Waals surface area (Å²) >= 11 is 0. The quantitative estimate of drug-likeness (QED) is 0.468. The highest BCUT2D eigenvalue weighted by molar-refractivity contribution is 5.92. The van der Waals surface area contributed by atoms with E-state index in [0.717, 1.165) is 28.8 Å². The van der Waals surface area contributed by atoms with Crippen molar-refractivity contribution in [3.8, 4) is 17.3 Å². The number of aromatic nitrogens is 5. The van der Waals surface area contributed by atoms with Gasteiger partial charge in [-0.1, -0.05) is 18.2 Å². The summed E-state index contributed by atoms with van der Waals surface area (Å²) in [6, 6.07) is 10.0. The average Bonchev–Trinajstić information content (AvgIpc) is 3.33. The van der Waals surface area contributed by atoms with E-state index in [9.17, 15) is 9.90 Å². The molecule has 2 aliphatic rings. The SMILES string of the molecule is CC(O)C(=O)N1CCN(c2cccc3ccc(-c4nnc5c6c(cnn45)N(C)CCO6)nc23)CC1. The van der Waals surface area contributed by atoms with E-state index in [1.165, 1.54) is 6.92 Å². The second-order valence-corrected chi connectivity index (χ2v) is 8.92. The number of ether oxygens (including phenoxy) is 1. The standard InChI is InChI=1S/C24H26N8O3/c1-15(33)24(34)31-10-8-30(9-11-31)18-5-3-4-16-6-7-17(26-20(16)18)22-27-28-23-21-19(14-25-32(22)23)29(2)12-13-35-21/h3-7,14-15,33H,8-13H2,1-2H3. The van der Waals surface area contributed by atoms with Crippen LogP contribution in [0.25, 0.3) is 28.1 Å². The Morgan fingerprint density at radius 3 is 2.69 bits per heavy atom. The van der Waals surface area contributed by atoms with Crippen molar-refractivity contribution in [2.75, 3.05) is 56.2 Å². The second kappa shape index (κ2) is 8.35. The molecular formula is C24H26N8O3. The summed E-state index contributed by atoms with van der Waals surface area (Å²) in [5, 5.41) is 24.0. The minimum Gasteiger partial charge on any atom is -0.486 e. The van der Waals surface area contributed by atoms with Crippen molar-refractivity contribution in [1.29, 1.82) is 0 Å². The van der Waals surface area contributed by atoms with Gasteiger partial charge in [0.25, 0.3) is 5.91 Å². The monoisotopic (exact) mass is 474 g/mol. The molecule has 1 aromatic carbocycles. The van der Waals surface area contributed by atoms with Gasteiger partial charge in [-0.3, -0.25) is 4.79 Å². The molecule has 0 spiro atoms. The predicted molar refractivity (Wildman–Crippen MR) is 131 cm³/mol. The maximum absolute atomic E-state index is 12.2. The van der Waals surface area contributed by atoms with Gasteiger partial charge >= 0.3 is 0 Å². The highest BCUT2D eigenvalue weighted by Gasteiger charge is 2.26. The molecule has 11 heteroatoms. The number of carbonyl (C=O) groups is 1. The molecule has 1 amide bonds. The van der Waals surface area contributed by atoms with Crippen LogP contribution in [-0.4, -0.2) is 93.2 Å². The zero-order valence-electron chi connectivity index (χ0n) is 19.6. The smallest absolute Gasteiger partial charge is 0.251 e. The predicted octanol–water partition coefficient (Wildman–Crippen LogP) is 1.20. The molecule has 0 saturated carbocycles. The third-order valence-corrected chi connectivity index (χ3v) is 6.67. The van der Waals surface area contributed by atoms with Crippen LogP contribution in [0.3, 0.4) is 0 Å². The molecule has 3 aromatic heterocycles. The van der Waals surface area contributed by atoms with Crippen molar-refractivity contribution in [1.82, 2.24) is 29.7 Å². The third kappa shape index (κ3) is 3.59. The number of hydrogen-bond donors (Lipinski definition) is 1. The van der Waals surface area contributed by atoms with Gasteiger partial charge in [-0.15, -0.1) is 10.2 Å². The number of rotatable bonds is 3. The minimum absolute atomic E-state index is 0.230.